The van der Waals surface area contributed by atoms with Crippen molar-refractivity contribution in [1.29, 1.82) is 0 Å². The van der Waals surface area contributed by atoms with Gasteiger partial charge in [-0.05, 0) is 43.5 Å². The van der Waals surface area contributed by atoms with Crippen LogP contribution in [0.3, 0.4) is 0 Å². The first-order chi connectivity index (χ1) is 7.41. The van der Waals surface area contributed by atoms with E-state index in [1.807, 2.05) is 27.7 Å². The quantitative estimate of drug-likeness (QED) is 0.630. The number of esters is 1. The molecule has 0 amide bonds. The zero-order chi connectivity index (χ0) is 12.3. The highest BCUT2D eigenvalue weighted by Crippen LogP contribution is 2.15. The van der Waals surface area contributed by atoms with E-state index in [0.29, 0.717) is 17.2 Å². The normalized spacial score (nSPS) is 12.6. The van der Waals surface area contributed by atoms with Crippen LogP contribution >= 0.6 is 0 Å². The predicted molar refractivity (Wildman–Crippen MR) is 65.3 cm³/mol. The van der Waals surface area contributed by atoms with E-state index < -0.39 is 0 Å². The Morgan fingerprint density at radius 1 is 1.31 bits per heavy atom. The zero-order valence-corrected chi connectivity index (χ0v) is 10.3. The van der Waals surface area contributed by atoms with Gasteiger partial charge in [-0.25, -0.2) is 4.79 Å². The topological polar surface area (TPSA) is 52.3 Å². The third-order valence-corrected chi connectivity index (χ3v) is 2.74. The highest BCUT2D eigenvalue weighted by Gasteiger charge is 2.15. The van der Waals surface area contributed by atoms with E-state index in [1.54, 1.807) is 18.2 Å². The Bertz CT molecular complexity index is 386. The van der Waals surface area contributed by atoms with Gasteiger partial charge < -0.3 is 10.5 Å². The average molecular weight is 221 g/mol. The summed E-state index contributed by atoms with van der Waals surface area (Å²) in [5.41, 5.74) is 7.82. The van der Waals surface area contributed by atoms with Gasteiger partial charge in [0, 0.05) is 5.69 Å². The molecule has 0 fully saturated rings. The van der Waals surface area contributed by atoms with Crippen molar-refractivity contribution in [3.05, 3.63) is 29.3 Å². The Balaban J connectivity index is 2.77. The molecule has 0 saturated carbocycles. The molecular formula is C13H19NO2. The molecule has 0 radical (unpaired) electrons. The fourth-order valence-electron chi connectivity index (χ4n) is 1.18. The molecule has 0 aliphatic carbocycles. The summed E-state index contributed by atoms with van der Waals surface area (Å²) in [6.07, 6.45) is -0.0784. The van der Waals surface area contributed by atoms with Crippen LogP contribution in [0.4, 0.5) is 5.69 Å². The second-order valence-electron chi connectivity index (χ2n) is 4.43. The van der Waals surface area contributed by atoms with Crippen LogP contribution in [0, 0.1) is 12.8 Å². The molecule has 0 heterocycles. The number of aryl methyl sites for hydroxylation is 1. The number of nitrogen functional groups attached to an aromatic ring is 1. The van der Waals surface area contributed by atoms with E-state index in [4.69, 9.17) is 10.5 Å². The van der Waals surface area contributed by atoms with E-state index in [1.165, 1.54) is 0 Å². The van der Waals surface area contributed by atoms with E-state index in [-0.39, 0.29) is 12.1 Å². The maximum Gasteiger partial charge on any atom is 0.338 e. The van der Waals surface area contributed by atoms with Crippen LogP contribution in [0.5, 0.6) is 0 Å². The fraction of sp³-hybridized carbons (Fsp3) is 0.462. The van der Waals surface area contributed by atoms with Gasteiger partial charge in [-0.15, -0.1) is 0 Å². The first-order valence-electron chi connectivity index (χ1n) is 5.49. The van der Waals surface area contributed by atoms with Gasteiger partial charge >= 0.3 is 5.97 Å². The van der Waals surface area contributed by atoms with Crippen molar-refractivity contribution in [2.24, 2.45) is 5.92 Å². The summed E-state index contributed by atoms with van der Waals surface area (Å²) < 4.78 is 5.31. The molecule has 1 aromatic rings. The van der Waals surface area contributed by atoms with Crippen molar-refractivity contribution in [1.82, 2.24) is 0 Å². The van der Waals surface area contributed by atoms with Crippen molar-refractivity contribution in [2.75, 3.05) is 5.73 Å². The number of carbonyl (C=O) groups excluding carboxylic acids is 1. The molecule has 3 heteroatoms. The molecular weight excluding hydrogens is 202 g/mol. The van der Waals surface area contributed by atoms with Crippen molar-refractivity contribution < 1.29 is 9.53 Å². The van der Waals surface area contributed by atoms with E-state index in [0.717, 1.165) is 5.56 Å². The van der Waals surface area contributed by atoms with Crippen molar-refractivity contribution in [3.8, 4) is 0 Å². The lowest BCUT2D eigenvalue weighted by atomic mass is 10.1. The summed E-state index contributed by atoms with van der Waals surface area (Å²) in [5.74, 6) is 0.0307. The van der Waals surface area contributed by atoms with Crippen molar-refractivity contribution in [3.63, 3.8) is 0 Å². The molecule has 0 bridgehead atoms. The standard InChI is InChI=1S/C13H19NO2/c1-8(2)10(4)16-13(15)11-5-6-12(14)9(3)7-11/h5-8,10H,14H2,1-4H3. The van der Waals surface area contributed by atoms with Gasteiger partial charge in [-0.3, -0.25) is 0 Å². The highest BCUT2D eigenvalue weighted by molar-refractivity contribution is 5.90. The molecule has 1 unspecified atom stereocenters. The number of rotatable bonds is 3. The van der Waals surface area contributed by atoms with Crippen LogP contribution in [0.25, 0.3) is 0 Å². The van der Waals surface area contributed by atoms with Crippen molar-refractivity contribution >= 4 is 11.7 Å². The lowest BCUT2D eigenvalue weighted by molar-refractivity contribution is 0.0238. The number of ether oxygens (including phenoxy) is 1. The summed E-state index contributed by atoms with van der Waals surface area (Å²) in [6, 6.07) is 5.17. The van der Waals surface area contributed by atoms with Gasteiger partial charge in [0.15, 0.2) is 0 Å². The molecule has 3 nitrogen and oxygen atoms in total. The molecule has 0 aliphatic rings. The van der Waals surface area contributed by atoms with Gasteiger partial charge in [0.05, 0.1) is 5.56 Å². The smallest absolute Gasteiger partial charge is 0.338 e. The van der Waals surface area contributed by atoms with Crippen LogP contribution in [-0.4, -0.2) is 12.1 Å². The zero-order valence-electron chi connectivity index (χ0n) is 10.3. The number of anilines is 1. The molecule has 0 saturated heterocycles. The van der Waals surface area contributed by atoms with Gasteiger partial charge in [0.1, 0.15) is 6.10 Å². The SMILES string of the molecule is Cc1cc(C(=O)OC(C)C(C)C)ccc1N. The van der Waals surface area contributed by atoms with Crippen LogP contribution in [-0.2, 0) is 4.74 Å². The largest absolute Gasteiger partial charge is 0.459 e. The first kappa shape index (κ1) is 12.6. The Kier molecular flexibility index (Phi) is 3.93. The minimum atomic E-state index is -0.288. The number of hydrogen-bond acceptors (Lipinski definition) is 3. The van der Waals surface area contributed by atoms with E-state index in [2.05, 4.69) is 0 Å². The maximum absolute atomic E-state index is 11.8. The van der Waals surface area contributed by atoms with Crippen LogP contribution in [0.15, 0.2) is 18.2 Å². The molecule has 1 aromatic carbocycles. The lowest BCUT2D eigenvalue weighted by Crippen LogP contribution is -2.20. The van der Waals surface area contributed by atoms with Gasteiger partial charge in [-0.1, -0.05) is 13.8 Å². The molecule has 1 rings (SSSR count). The number of nitrogens with two attached hydrogens (primary N) is 1. The maximum atomic E-state index is 11.8. The van der Waals surface area contributed by atoms with Crippen LogP contribution in [0.1, 0.15) is 36.7 Å². The molecule has 16 heavy (non-hydrogen) atoms. The average Bonchev–Trinajstić information content (AvgIpc) is 2.21. The predicted octanol–water partition coefficient (Wildman–Crippen LogP) is 2.78. The van der Waals surface area contributed by atoms with Gasteiger partial charge in [0.2, 0.25) is 0 Å². The Morgan fingerprint density at radius 3 is 2.44 bits per heavy atom. The summed E-state index contributed by atoms with van der Waals surface area (Å²) in [5, 5.41) is 0. The number of carbonyl (C=O) groups is 1. The Labute approximate surface area is 96.6 Å². The Morgan fingerprint density at radius 2 is 1.94 bits per heavy atom. The van der Waals surface area contributed by atoms with Crippen LogP contribution in [0.2, 0.25) is 0 Å². The fourth-order valence-corrected chi connectivity index (χ4v) is 1.18. The monoisotopic (exact) mass is 221 g/mol. The number of hydrogen-bond donors (Lipinski definition) is 1. The second kappa shape index (κ2) is 5.01. The third kappa shape index (κ3) is 2.99. The molecule has 0 aliphatic heterocycles. The van der Waals surface area contributed by atoms with E-state index in [9.17, 15) is 4.79 Å². The summed E-state index contributed by atoms with van der Waals surface area (Å²) >= 11 is 0. The summed E-state index contributed by atoms with van der Waals surface area (Å²) in [7, 11) is 0. The third-order valence-electron chi connectivity index (χ3n) is 2.74. The minimum Gasteiger partial charge on any atom is -0.459 e. The number of benzene rings is 1. The molecule has 88 valence electrons. The first-order valence-corrected chi connectivity index (χ1v) is 5.49. The summed E-state index contributed by atoms with van der Waals surface area (Å²) in [6.45, 7) is 7.81. The molecule has 2 N–H and O–H groups in total. The van der Waals surface area contributed by atoms with Gasteiger partial charge in [0.25, 0.3) is 0 Å². The Hall–Kier alpha value is -1.51. The lowest BCUT2D eigenvalue weighted by Gasteiger charge is -2.16. The van der Waals surface area contributed by atoms with Crippen LogP contribution < -0.4 is 5.73 Å². The highest BCUT2D eigenvalue weighted by atomic mass is 16.5. The minimum absolute atomic E-state index is 0.0784. The van der Waals surface area contributed by atoms with Crippen molar-refractivity contribution in [2.45, 2.75) is 33.8 Å². The second-order valence-corrected chi connectivity index (χ2v) is 4.43. The summed E-state index contributed by atoms with van der Waals surface area (Å²) in [4.78, 5) is 11.8. The van der Waals surface area contributed by atoms with Gasteiger partial charge in [-0.2, -0.15) is 0 Å². The molecule has 1 atom stereocenters. The van der Waals surface area contributed by atoms with E-state index >= 15 is 0 Å². The molecule has 0 aromatic heterocycles. The molecule has 0 spiro atoms.